The van der Waals surface area contributed by atoms with E-state index in [1.807, 2.05) is 3.59 Å². The molecule has 0 aliphatic rings. The molecule has 2 heteroatoms. The van der Waals surface area contributed by atoms with Crippen molar-refractivity contribution in [1.29, 1.82) is 0 Å². The second kappa shape index (κ2) is 11.6. The Morgan fingerprint density at radius 3 is 1.60 bits per heavy atom. The molecule has 25 heavy (non-hydrogen) atoms. The van der Waals surface area contributed by atoms with Gasteiger partial charge in [-0.3, -0.25) is 0 Å². The third-order valence-corrected chi connectivity index (χ3v) is 23.0. The van der Waals surface area contributed by atoms with E-state index in [1.54, 1.807) is 18.9 Å². The summed E-state index contributed by atoms with van der Waals surface area (Å²) >= 11 is -2.38. The fourth-order valence-corrected chi connectivity index (χ4v) is 27.1. The van der Waals surface area contributed by atoms with Crippen LogP contribution >= 0.6 is 0 Å². The number of hydrogen-bond donors (Lipinski definition) is 0. The molecule has 0 spiro atoms. The van der Waals surface area contributed by atoms with Crippen molar-refractivity contribution >= 4 is 30.0 Å². The summed E-state index contributed by atoms with van der Waals surface area (Å²) in [5, 5.41) is 0. The Kier molecular flexibility index (Phi) is 10.7. The van der Waals surface area contributed by atoms with Gasteiger partial charge in [-0.1, -0.05) is 0 Å². The van der Waals surface area contributed by atoms with Gasteiger partial charge in [0.2, 0.25) is 0 Å². The molecule has 1 aromatic rings. The van der Waals surface area contributed by atoms with E-state index in [9.17, 15) is 0 Å². The summed E-state index contributed by atoms with van der Waals surface area (Å²) in [5.74, 6) is 0. The van der Waals surface area contributed by atoms with Crippen LogP contribution < -0.4 is 0 Å². The molecule has 0 N–H and O–H groups in total. The van der Waals surface area contributed by atoms with Crippen molar-refractivity contribution in [1.82, 2.24) is 0 Å². The summed E-state index contributed by atoms with van der Waals surface area (Å²) in [6.45, 7) is 14.7. The molecule has 1 aromatic carbocycles. The summed E-state index contributed by atoms with van der Waals surface area (Å²) in [7, 11) is -1.24. The molecular weight excluding hydrogens is 423 g/mol. The summed E-state index contributed by atoms with van der Waals surface area (Å²) in [4.78, 5) is 0. The molecule has 0 fully saturated rings. The summed E-state index contributed by atoms with van der Waals surface area (Å²) in [6.07, 6.45) is 8.39. The van der Waals surface area contributed by atoms with Gasteiger partial charge in [-0.2, -0.15) is 0 Å². The third-order valence-electron chi connectivity index (χ3n) is 5.26. The average molecular weight is 465 g/mol. The van der Waals surface area contributed by atoms with Crippen molar-refractivity contribution < 1.29 is 0 Å². The molecule has 0 saturated heterocycles. The van der Waals surface area contributed by atoms with E-state index in [0.717, 1.165) is 0 Å². The quantitative estimate of drug-likeness (QED) is 0.272. The van der Waals surface area contributed by atoms with Crippen LogP contribution in [-0.2, 0) is 0 Å². The zero-order valence-corrected chi connectivity index (χ0v) is 21.7. The van der Waals surface area contributed by atoms with Crippen molar-refractivity contribution in [2.45, 2.75) is 92.2 Å². The second-order valence-corrected chi connectivity index (χ2v) is 27.0. The van der Waals surface area contributed by atoms with Crippen LogP contribution in [0.15, 0.2) is 36.0 Å². The fourth-order valence-electron chi connectivity index (χ4n) is 3.92. The topological polar surface area (TPSA) is 0 Å². The number of hydrogen-bond acceptors (Lipinski definition) is 0. The second-order valence-electron chi connectivity index (χ2n) is 8.88. The molecule has 0 aromatic heterocycles. The predicted octanol–water partition coefficient (Wildman–Crippen LogP) is 8.34. The van der Waals surface area contributed by atoms with Crippen molar-refractivity contribution in [2.24, 2.45) is 0 Å². The van der Waals surface area contributed by atoms with Crippen molar-refractivity contribution in [3.05, 3.63) is 41.6 Å². The number of rotatable bonds is 12. The molecule has 0 nitrogen and oxygen atoms in total. The fraction of sp³-hybridized carbons (Fsp3) is 0.652. The van der Waals surface area contributed by atoms with Gasteiger partial charge < -0.3 is 0 Å². The molecule has 0 unspecified atom stereocenters. The van der Waals surface area contributed by atoms with Gasteiger partial charge in [0, 0.05) is 0 Å². The molecule has 0 aliphatic heterocycles. The van der Waals surface area contributed by atoms with Crippen LogP contribution in [0.2, 0.25) is 33.0 Å². The van der Waals surface area contributed by atoms with Gasteiger partial charge in [0.1, 0.15) is 0 Å². The van der Waals surface area contributed by atoms with Gasteiger partial charge in [-0.15, -0.1) is 0 Å². The first kappa shape index (κ1) is 23.0. The Hall–Kier alpha value is -0.0244. The van der Waals surface area contributed by atoms with E-state index in [0.29, 0.717) is 0 Å². The molecular formula is C23H42SiSn. The molecule has 0 atom stereocenters. The monoisotopic (exact) mass is 466 g/mol. The summed E-state index contributed by atoms with van der Waals surface area (Å²) < 4.78 is 6.59. The SMILES string of the molecule is CCC[CH2][Sn]([CH2]CCC)([CH2]CCC)/[C](=C/[Si](C)(C)C)c1ccccc1. The van der Waals surface area contributed by atoms with Gasteiger partial charge in [-0.25, -0.2) is 0 Å². The Morgan fingerprint density at radius 1 is 0.800 bits per heavy atom. The maximum absolute atomic E-state index is 2.82. The minimum atomic E-state index is -2.38. The van der Waals surface area contributed by atoms with E-state index in [-0.39, 0.29) is 0 Å². The maximum atomic E-state index is 2.82. The van der Waals surface area contributed by atoms with E-state index >= 15 is 0 Å². The standard InChI is InChI=1S/C11H15Si.3C4H9.Sn/c1-12(2,3)10-9-11-7-5-4-6-8-11;3*1-3-4-2;/h4-8,10H,1-3H3;3*1,3-4H2,2H3;. The zero-order valence-electron chi connectivity index (χ0n) is 17.8. The summed E-state index contributed by atoms with van der Waals surface area (Å²) in [6, 6.07) is 11.5. The number of unbranched alkanes of at least 4 members (excludes halogenated alkanes) is 3. The molecule has 1 rings (SSSR count). The van der Waals surface area contributed by atoms with Crippen LogP contribution in [0.3, 0.4) is 0 Å². The van der Waals surface area contributed by atoms with Crippen LogP contribution in [0.25, 0.3) is 3.59 Å². The van der Waals surface area contributed by atoms with Gasteiger partial charge >= 0.3 is 164 Å². The number of benzene rings is 1. The first-order valence-electron chi connectivity index (χ1n) is 10.7. The Labute approximate surface area is 163 Å². The van der Waals surface area contributed by atoms with E-state index in [2.05, 4.69) is 76.4 Å². The van der Waals surface area contributed by atoms with Gasteiger partial charge in [-0.05, 0) is 0 Å². The van der Waals surface area contributed by atoms with Crippen molar-refractivity contribution in [3.63, 3.8) is 0 Å². The first-order valence-corrected chi connectivity index (χ1v) is 21.7. The van der Waals surface area contributed by atoms with Crippen LogP contribution in [0.4, 0.5) is 0 Å². The van der Waals surface area contributed by atoms with Crippen LogP contribution in [0.1, 0.15) is 64.9 Å². The van der Waals surface area contributed by atoms with Crippen molar-refractivity contribution in [3.8, 4) is 0 Å². The Bertz CT molecular complexity index is 477. The van der Waals surface area contributed by atoms with E-state index < -0.39 is 26.5 Å². The first-order chi connectivity index (χ1) is 11.9. The third kappa shape index (κ3) is 8.03. The van der Waals surface area contributed by atoms with Crippen LogP contribution in [0, 0.1) is 0 Å². The molecule has 0 heterocycles. The average Bonchev–Trinajstić information content (AvgIpc) is 2.60. The normalized spacial score (nSPS) is 13.3. The molecule has 0 aliphatic carbocycles. The van der Waals surface area contributed by atoms with Crippen LogP contribution in [0.5, 0.6) is 0 Å². The molecule has 0 radical (unpaired) electrons. The summed E-state index contributed by atoms with van der Waals surface area (Å²) in [5.41, 5.74) is 4.39. The molecule has 0 bridgehead atoms. The van der Waals surface area contributed by atoms with E-state index in [4.69, 9.17) is 0 Å². The molecule has 0 saturated carbocycles. The molecule has 142 valence electrons. The van der Waals surface area contributed by atoms with E-state index in [1.165, 1.54) is 38.5 Å². The minimum absolute atomic E-state index is 1.24. The zero-order chi connectivity index (χ0) is 18.8. The van der Waals surface area contributed by atoms with Gasteiger partial charge in [0.05, 0.1) is 0 Å². The predicted molar refractivity (Wildman–Crippen MR) is 123 cm³/mol. The van der Waals surface area contributed by atoms with Gasteiger partial charge in [0.15, 0.2) is 0 Å². The molecule has 0 amide bonds. The Balaban J connectivity index is 3.45. The van der Waals surface area contributed by atoms with Gasteiger partial charge in [0.25, 0.3) is 0 Å². The van der Waals surface area contributed by atoms with Crippen molar-refractivity contribution in [2.75, 3.05) is 0 Å². The Morgan fingerprint density at radius 2 is 1.24 bits per heavy atom. The van der Waals surface area contributed by atoms with Crippen LogP contribution in [-0.4, -0.2) is 26.5 Å².